The maximum Gasteiger partial charge on any atom is 0.292 e. The number of nitrogens with one attached hydrogen (secondary N) is 2. The van der Waals surface area contributed by atoms with Gasteiger partial charge in [-0.2, -0.15) is 0 Å². The zero-order chi connectivity index (χ0) is 15.1. The van der Waals surface area contributed by atoms with Gasteiger partial charge < -0.3 is 15.5 Å². The molecule has 0 aliphatic carbocycles. The molecule has 7 nitrogen and oxygen atoms in total. The Labute approximate surface area is 118 Å². The van der Waals surface area contributed by atoms with Crippen LogP contribution >= 0.6 is 0 Å². The fourth-order valence-electron chi connectivity index (χ4n) is 1.74. The van der Waals surface area contributed by atoms with Crippen LogP contribution in [0, 0.1) is 10.1 Å². The minimum atomic E-state index is -0.456. The number of carbonyl (C=O) groups excluding carboxylic acids is 1. The van der Waals surface area contributed by atoms with E-state index in [1.807, 2.05) is 19.0 Å². The van der Waals surface area contributed by atoms with Crippen LogP contribution in [0.4, 0.5) is 11.4 Å². The van der Waals surface area contributed by atoms with Gasteiger partial charge in [0.2, 0.25) is 0 Å². The third-order valence-electron chi connectivity index (χ3n) is 2.78. The van der Waals surface area contributed by atoms with Gasteiger partial charge in [0.1, 0.15) is 5.69 Å². The summed E-state index contributed by atoms with van der Waals surface area (Å²) in [6, 6.07) is 4.30. The van der Waals surface area contributed by atoms with Gasteiger partial charge in [-0.1, -0.05) is 0 Å². The van der Waals surface area contributed by atoms with Crippen molar-refractivity contribution in [2.45, 2.75) is 6.42 Å². The number of nitrogens with zero attached hydrogens (tertiary/aromatic N) is 2. The van der Waals surface area contributed by atoms with E-state index >= 15 is 0 Å². The van der Waals surface area contributed by atoms with Crippen LogP contribution in [0.5, 0.6) is 0 Å². The number of amides is 1. The number of carbonyl (C=O) groups is 1. The Balaban J connectivity index is 2.83. The summed E-state index contributed by atoms with van der Waals surface area (Å²) in [6.45, 7) is 1.49. The van der Waals surface area contributed by atoms with Crippen molar-refractivity contribution < 1.29 is 9.72 Å². The van der Waals surface area contributed by atoms with Crippen LogP contribution in [0.2, 0.25) is 0 Å². The molecular formula is C13H20N4O3. The second-order valence-electron chi connectivity index (χ2n) is 4.65. The second kappa shape index (κ2) is 7.44. The summed E-state index contributed by atoms with van der Waals surface area (Å²) in [4.78, 5) is 24.1. The quantitative estimate of drug-likeness (QED) is 0.447. The Kier molecular flexibility index (Phi) is 5.92. The lowest BCUT2D eigenvalue weighted by Crippen LogP contribution is -2.19. The molecule has 0 fully saturated rings. The van der Waals surface area contributed by atoms with E-state index in [0.29, 0.717) is 17.8 Å². The Morgan fingerprint density at radius 3 is 2.65 bits per heavy atom. The standard InChI is InChI=1S/C13H20N4O3/c1-14-13(18)10-5-6-12(17(19)20)11(9-10)15-7-4-8-16(2)3/h5-6,9,15H,4,7-8H2,1-3H3,(H,14,18). The van der Waals surface area contributed by atoms with Crippen molar-refractivity contribution in [1.82, 2.24) is 10.2 Å². The van der Waals surface area contributed by atoms with E-state index in [1.165, 1.54) is 25.2 Å². The normalized spacial score (nSPS) is 10.4. The molecule has 1 amide bonds. The molecule has 0 aliphatic heterocycles. The highest BCUT2D eigenvalue weighted by Gasteiger charge is 2.16. The molecule has 2 N–H and O–H groups in total. The van der Waals surface area contributed by atoms with Crippen LogP contribution in [-0.2, 0) is 0 Å². The number of hydrogen-bond acceptors (Lipinski definition) is 5. The molecule has 1 aromatic carbocycles. The molecular weight excluding hydrogens is 260 g/mol. The second-order valence-corrected chi connectivity index (χ2v) is 4.65. The molecule has 0 atom stereocenters. The first kappa shape index (κ1) is 15.9. The molecule has 0 bridgehead atoms. The average Bonchev–Trinajstić information content (AvgIpc) is 2.42. The number of nitro benzene ring substituents is 1. The Morgan fingerprint density at radius 1 is 1.40 bits per heavy atom. The van der Waals surface area contributed by atoms with Gasteiger partial charge in [0.25, 0.3) is 11.6 Å². The van der Waals surface area contributed by atoms with Crippen molar-refractivity contribution in [2.24, 2.45) is 0 Å². The predicted molar refractivity (Wildman–Crippen MR) is 78.1 cm³/mol. The lowest BCUT2D eigenvalue weighted by atomic mass is 10.1. The molecule has 0 radical (unpaired) electrons. The van der Waals surface area contributed by atoms with Crippen molar-refractivity contribution in [3.05, 3.63) is 33.9 Å². The fourth-order valence-corrected chi connectivity index (χ4v) is 1.74. The van der Waals surface area contributed by atoms with Gasteiger partial charge in [-0.3, -0.25) is 14.9 Å². The molecule has 0 unspecified atom stereocenters. The number of benzene rings is 1. The van der Waals surface area contributed by atoms with E-state index in [1.54, 1.807) is 0 Å². The van der Waals surface area contributed by atoms with Gasteiger partial charge in [-0.05, 0) is 39.2 Å². The lowest BCUT2D eigenvalue weighted by Gasteiger charge is -2.11. The molecule has 0 saturated carbocycles. The number of hydrogen-bond donors (Lipinski definition) is 2. The summed E-state index contributed by atoms with van der Waals surface area (Å²) in [6.07, 6.45) is 0.856. The van der Waals surface area contributed by atoms with Gasteiger partial charge in [-0.25, -0.2) is 0 Å². The van der Waals surface area contributed by atoms with E-state index in [4.69, 9.17) is 0 Å². The van der Waals surface area contributed by atoms with Crippen LogP contribution in [-0.4, -0.2) is 50.0 Å². The van der Waals surface area contributed by atoms with E-state index in [9.17, 15) is 14.9 Å². The molecule has 110 valence electrons. The first-order chi connectivity index (χ1) is 9.45. The van der Waals surface area contributed by atoms with Crippen molar-refractivity contribution >= 4 is 17.3 Å². The third kappa shape index (κ3) is 4.51. The third-order valence-corrected chi connectivity index (χ3v) is 2.78. The number of nitro groups is 1. The SMILES string of the molecule is CNC(=O)c1ccc([N+](=O)[O-])c(NCCCN(C)C)c1. The monoisotopic (exact) mass is 280 g/mol. The first-order valence-electron chi connectivity index (χ1n) is 6.35. The molecule has 7 heteroatoms. The first-order valence-corrected chi connectivity index (χ1v) is 6.35. The van der Waals surface area contributed by atoms with E-state index < -0.39 is 4.92 Å². The van der Waals surface area contributed by atoms with Crippen molar-refractivity contribution in [3.8, 4) is 0 Å². The molecule has 0 aromatic heterocycles. The van der Waals surface area contributed by atoms with E-state index in [2.05, 4.69) is 10.6 Å². The molecule has 1 aromatic rings. The molecule has 0 saturated heterocycles. The zero-order valence-electron chi connectivity index (χ0n) is 12.0. The zero-order valence-corrected chi connectivity index (χ0v) is 12.0. The Hall–Kier alpha value is -2.15. The maximum atomic E-state index is 11.6. The largest absolute Gasteiger partial charge is 0.379 e. The summed E-state index contributed by atoms with van der Waals surface area (Å²) in [5.41, 5.74) is 0.741. The molecule has 20 heavy (non-hydrogen) atoms. The minimum Gasteiger partial charge on any atom is -0.379 e. The minimum absolute atomic E-state index is 0.0255. The highest BCUT2D eigenvalue weighted by Crippen LogP contribution is 2.25. The fraction of sp³-hybridized carbons (Fsp3) is 0.462. The van der Waals surface area contributed by atoms with Gasteiger partial charge in [0, 0.05) is 25.2 Å². The Morgan fingerprint density at radius 2 is 2.10 bits per heavy atom. The van der Waals surface area contributed by atoms with Gasteiger partial charge >= 0.3 is 0 Å². The summed E-state index contributed by atoms with van der Waals surface area (Å²) in [5.74, 6) is -0.267. The number of anilines is 1. The van der Waals surface area contributed by atoms with Crippen molar-refractivity contribution in [1.29, 1.82) is 0 Å². The van der Waals surface area contributed by atoms with Crippen molar-refractivity contribution in [3.63, 3.8) is 0 Å². The number of rotatable bonds is 7. The molecule has 0 aliphatic rings. The summed E-state index contributed by atoms with van der Waals surface area (Å²) >= 11 is 0. The average molecular weight is 280 g/mol. The van der Waals surface area contributed by atoms with Crippen LogP contribution in [0.3, 0.4) is 0 Å². The van der Waals surface area contributed by atoms with Crippen LogP contribution in [0.25, 0.3) is 0 Å². The summed E-state index contributed by atoms with van der Waals surface area (Å²) in [7, 11) is 5.46. The van der Waals surface area contributed by atoms with E-state index in [0.717, 1.165) is 13.0 Å². The lowest BCUT2D eigenvalue weighted by molar-refractivity contribution is -0.384. The topological polar surface area (TPSA) is 87.5 Å². The molecule has 0 heterocycles. The summed E-state index contributed by atoms with van der Waals surface area (Å²) < 4.78 is 0. The van der Waals surface area contributed by atoms with E-state index in [-0.39, 0.29) is 11.6 Å². The summed E-state index contributed by atoms with van der Waals surface area (Å²) in [5, 5.41) is 16.5. The molecule has 0 spiro atoms. The highest BCUT2D eigenvalue weighted by molar-refractivity contribution is 5.95. The van der Waals surface area contributed by atoms with Crippen LogP contribution in [0.15, 0.2) is 18.2 Å². The molecule has 1 rings (SSSR count). The van der Waals surface area contributed by atoms with Crippen molar-refractivity contribution in [2.75, 3.05) is 39.5 Å². The van der Waals surface area contributed by atoms with Crippen LogP contribution in [0.1, 0.15) is 16.8 Å². The maximum absolute atomic E-state index is 11.6. The van der Waals surface area contributed by atoms with Gasteiger partial charge in [0.05, 0.1) is 4.92 Å². The smallest absolute Gasteiger partial charge is 0.292 e. The Bertz CT molecular complexity index is 489. The van der Waals surface area contributed by atoms with Crippen LogP contribution < -0.4 is 10.6 Å². The highest BCUT2D eigenvalue weighted by atomic mass is 16.6. The van der Waals surface area contributed by atoms with Gasteiger partial charge in [0.15, 0.2) is 0 Å². The van der Waals surface area contributed by atoms with Gasteiger partial charge in [-0.15, -0.1) is 0 Å². The predicted octanol–water partition coefficient (Wildman–Crippen LogP) is 1.32.